The minimum atomic E-state index is 0.485. The zero-order valence-electron chi connectivity index (χ0n) is 6.81. The molecule has 0 saturated heterocycles. The van der Waals surface area contributed by atoms with Crippen LogP contribution in [-0.2, 0) is 4.79 Å². The van der Waals surface area contributed by atoms with Crippen molar-refractivity contribution in [2.45, 2.75) is 44.6 Å². The summed E-state index contributed by atoms with van der Waals surface area (Å²) in [6, 6.07) is 0.485. The lowest BCUT2D eigenvalue weighted by molar-refractivity contribution is -0.110. The van der Waals surface area contributed by atoms with Gasteiger partial charge in [0.25, 0.3) is 0 Å². The highest BCUT2D eigenvalue weighted by Gasteiger charge is 2.44. The van der Waals surface area contributed by atoms with Crippen molar-refractivity contribution in [3.63, 3.8) is 0 Å². The summed E-state index contributed by atoms with van der Waals surface area (Å²) in [5, 5.41) is 2.87. The predicted octanol–water partition coefficient (Wildman–Crippen LogP) is 1.46. The Hall–Kier alpha value is -0.530. The van der Waals surface area contributed by atoms with E-state index in [1.165, 1.54) is 38.5 Å². The van der Waals surface area contributed by atoms with Gasteiger partial charge in [-0.3, -0.25) is 4.79 Å². The fraction of sp³-hybridized carbons (Fsp3) is 0.889. The van der Waals surface area contributed by atoms with Gasteiger partial charge < -0.3 is 5.32 Å². The average Bonchev–Trinajstić information content (AvgIpc) is 2.76. The molecule has 0 aromatic rings. The molecule has 0 unspecified atom stereocenters. The topological polar surface area (TPSA) is 29.1 Å². The van der Waals surface area contributed by atoms with Gasteiger partial charge in [-0.1, -0.05) is 0 Å². The first-order valence-electron chi connectivity index (χ1n) is 4.54. The molecule has 0 radical (unpaired) electrons. The Morgan fingerprint density at radius 1 is 1.18 bits per heavy atom. The third-order valence-corrected chi connectivity index (χ3v) is 3.31. The molecule has 0 heterocycles. The van der Waals surface area contributed by atoms with E-state index in [1.807, 2.05) is 0 Å². The molecule has 0 aromatic carbocycles. The van der Waals surface area contributed by atoms with Crippen LogP contribution in [0.5, 0.6) is 0 Å². The quantitative estimate of drug-likeness (QED) is 0.598. The summed E-state index contributed by atoms with van der Waals surface area (Å²) in [7, 11) is 0. The molecule has 62 valence electrons. The van der Waals surface area contributed by atoms with Crippen molar-refractivity contribution in [3.8, 4) is 0 Å². The van der Waals surface area contributed by atoms with E-state index in [0.717, 1.165) is 11.8 Å². The van der Waals surface area contributed by atoms with Crippen molar-refractivity contribution in [1.82, 2.24) is 5.32 Å². The fourth-order valence-corrected chi connectivity index (χ4v) is 2.17. The monoisotopic (exact) mass is 153 g/mol. The summed E-state index contributed by atoms with van der Waals surface area (Å²) in [5.41, 5.74) is 0.751. The average molecular weight is 153 g/mol. The van der Waals surface area contributed by atoms with Gasteiger partial charge in [0.15, 0.2) is 0 Å². The van der Waals surface area contributed by atoms with Crippen molar-refractivity contribution < 1.29 is 4.79 Å². The Kier molecular flexibility index (Phi) is 1.63. The molecule has 2 aliphatic carbocycles. The van der Waals surface area contributed by atoms with Crippen LogP contribution in [0.25, 0.3) is 0 Å². The molecule has 1 amide bonds. The molecule has 2 rings (SSSR count). The van der Waals surface area contributed by atoms with Crippen LogP contribution in [0, 0.1) is 5.41 Å². The van der Waals surface area contributed by atoms with Crippen LogP contribution in [0.1, 0.15) is 38.5 Å². The number of rotatable bonds is 2. The molecular weight excluding hydrogens is 138 g/mol. The Balaban J connectivity index is 1.79. The van der Waals surface area contributed by atoms with Crippen molar-refractivity contribution in [1.29, 1.82) is 0 Å². The van der Waals surface area contributed by atoms with E-state index in [0.29, 0.717) is 6.04 Å². The fourth-order valence-electron chi connectivity index (χ4n) is 2.17. The smallest absolute Gasteiger partial charge is 0.207 e. The highest BCUT2D eigenvalue weighted by molar-refractivity contribution is 5.46. The number of hydrogen-bond acceptors (Lipinski definition) is 1. The Labute approximate surface area is 67.4 Å². The summed E-state index contributed by atoms with van der Waals surface area (Å²) >= 11 is 0. The first-order chi connectivity index (χ1) is 5.35. The van der Waals surface area contributed by atoms with Crippen LogP contribution in [0.3, 0.4) is 0 Å². The summed E-state index contributed by atoms with van der Waals surface area (Å²) in [4.78, 5) is 10.1. The molecule has 0 bridgehead atoms. The Morgan fingerprint density at radius 3 is 2.27 bits per heavy atom. The third kappa shape index (κ3) is 1.39. The number of hydrogen-bond donors (Lipinski definition) is 1. The van der Waals surface area contributed by atoms with Crippen molar-refractivity contribution in [3.05, 3.63) is 0 Å². The van der Waals surface area contributed by atoms with Crippen molar-refractivity contribution >= 4 is 6.41 Å². The van der Waals surface area contributed by atoms with Gasteiger partial charge in [0.2, 0.25) is 6.41 Å². The van der Waals surface area contributed by atoms with E-state index in [1.54, 1.807) is 0 Å². The molecule has 2 fully saturated rings. The van der Waals surface area contributed by atoms with Crippen LogP contribution in [0.2, 0.25) is 0 Å². The lowest BCUT2D eigenvalue weighted by Crippen LogP contribution is -2.32. The lowest BCUT2D eigenvalue weighted by atomic mass is 9.83. The van der Waals surface area contributed by atoms with Gasteiger partial charge in [0, 0.05) is 6.04 Å². The SMILES string of the molecule is O=CNC1CCC2(CC1)CC2. The molecular formula is C9H15NO. The number of nitrogens with one attached hydrogen (secondary N) is 1. The van der Waals surface area contributed by atoms with Crippen LogP contribution >= 0.6 is 0 Å². The highest BCUT2D eigenvalue weighted by Crippen LogP contribution is 2.55. The molecule has 11 heavy (non-hydrogen) atoms. The summed E-state index contributed by atoms with van der Waals surface area (Å²) in [6.07, 6.45) is 8.84. The molecule has 2 saturated carbocycles. The number of carbonyl (C=O) groups excluding carboxylic acids is 1. The first kappa shape index (κ1) is 7.14. The number of carbonyl (C=O) groups is 1. The summed E-state index contributed by atoms with van der Waals surface area (Å²) < 4.78 is 0. The Morgan fingerprint density at radius 2 is 1.82 bits per heavy atom. The molecule has 1 N–H and O–H groups in total. The maximum absolute atomic E-state index is 10.1. The second-order valence-corrected chi connectivity index (χ2v) is 4.06. The molecule has 2 nitrogen and oxygen atoms in total. The normalized spacial score (nSPS) is 28.4. The van der Waals surface area contributed by atoms with E-state index < -0.39 is 0 Å². The molecule has 1 spiro atoms. The van der Waals surface area contributed by atoms with Crippen LogP contribution in [0.15, 0.2) is 0 Å². The van der Waals surface area contributed by atoms with Gasteiger partial charge in [-0.15, -0.1) is 0 Å². The predicted molar refractivity (Wildman–Crippen MR) is 43.1 cm³/mol. The van der Waals surface area contributed by atoms with Gasteiger partial charge >= 0.3 is 0 Å². The molecule has 0 aromatic heterocycles. The highest BCUT2D eigenvalue weighted by atomic mass is 16.1. The second kappa shape index (κ2) is 2.50. The molecule has 0 aliphatic heterocycles. The molecule has 2 heteroatoms. The van der Waals surface area contributed by atoms with E-state index in [4.69, 9.17) is 0 Å². The van der Waals surface area contributed by atoms with E-state index in [2.05, 4.69) is 5.32 Å². The van der Waals surface area contributed by atoms with E-state index in [9.17, 15) is 4.79 Å². The maximum Gasteiger partial charge on any atom is 0.207 e. The van der Waals surface area contributed by atoms with Gasteiger partial charge in [0.1, 0.15) is 0 Å². The third-order valence-electron chi connectivity index (χ3n) is 3.31. The van der Waals surface area contributed by atoms with E-state index >= 15 is 0 Å². The molecule has 0 atom stereocenters. The Bertz CT molecular complexity index is 153. The summed E-state index contributed by atoms with van der Waals surface area (Å²) in [6.45, 7) is 0. The number of amides is 1. The molecule has 2 aliphatic rings. The van der Waals surface area contributed by atoms with Crippen LogP contribution in [-0.4, -0.2) is 12.5 Å². The minimum absolute atomic E-state index is 0.485. The van der Waals surface area contributed by atoms with Gasteiger partial charge in [-0.25, -0.2) is 0 Å². The zero-order valence-corrected chi connectivity index (χ0v) is 6.81. The summed E-state index contributed by atoms with van der Waals surface area (Å²) in [5.74, 6) is 0. The van der Waals surface area contributed by atoms with E-state index in [-0.39, 0.29) is 0 Å². The first-order valence-corrected chi connectivity index (χ1v) is 4.54. The lowest BCUT2D eigenvalue weighted by Gasteiger charge is -2.27. The second-order valence-electron chi connectivity index (χ2n) is 4.06. The van der Waals surface area contributed by atoms with Crippen LogP contribution in [0.4, 0.5) is 0 Å². The van der Waals surface area contributed by atoms with Crippen LogP contribution < -0.4 is 5.32 Å². The van der Waals surface area contributed by atoms with Crippen molar-refractivity contribution in [2.24, 2.45) is 5.41 Å². The largest absolute Gasteiger partial charge is 0.356 e. The standard InChI is InChI=1S/C9H15NO/c11-7-10-8-1-3-9(4-2-8)5-6-9/h7-8H,1-6H2,(H,10,11). The zero-order chi connectivity index (χ0) is 7.73. The van der Waals surface area contributed by atoms with Gasteiger partial charge in [-0.2, -0.15) is 0 Å². The van der Waals surface area contributed by atoms with Crippen molar-refractivity contribution in [2.75, 3.05) is 0 Å². The minimum Gasteiger partial charge on any atom is -0.356 e. The van der Waals surface area contributed by atoms with Gasteiger partial charge in [-0.05, 0) is 43.9 Å². The maximum atomic E-state index is 10.1. The van der Waals surface area contributed by atoms with Gasteiger partial charge in [0.05, 0.1) is 0 Å².